The predicted molar refractivity (Wildman–Crippen MR) is 86.2 cm³/mol. The maximum atomic E-state index is 4.78. The van der Waals surface area contributed by atoms with E-state index in [0.717, 1.165) is 29.1 Å². The van der Waals surface area contributed by atoms with E-state index in [0.29, 0.717) is 5.25 Å². The molecule has 4 rings (SSSR count). The Morgan fingerprint density at radius 1 is 1.24 bits per heavy atom. The van der Waals surface area contributed by atoms with Gasteiger partial charge in [0.2, 0.25) is 0 Å². The third kappa shape index (κ3) is 2.42. The predicted octanol–water partition coefficient (Wildman–Crippen LogP) is 3.39. The van der Waals surface area contributed by atoms with Crippen molar-refractivity contribution in [2.45, 2.75) is 24.6 Å². The van der Waals surface area contributed by atoms with E-state index < -0.39 is 0 Å². The summed E-state index contributed by atoms with van der Waals surface area (Å²) in [5.41, 5.74) is 2.99. The van der Waals surface area contributed by atoms with Crippen LogP contribution in [0, 0.1) is 0 Å². The molecule has 0 N–H and O–H groups in total. The van der Waals surface area contributed by atoms with Crippen LogP contribution in [0.4, 0.5) is 0 Å². The zero-order chi connectivity index (χ0) is 14.1. The number of aromatic nitrogens is 4. The van der Waals surface area contributed by atoms with Crippen LogP contribution in [0.2, 0.25) is 0 Å². The van der Waals surface area contributed by atoms with Crippen LogP contribution in [0.25, 0.3) is 22.6 Å². The molecule has 0 saturated carbocycles. The number of nitrogens with zero attached hydrogens (tertiary/aromatic N) is 4. The summed E-state index contributed by atoms with van der Waals surface area (Å²) in [5, 5.41) is 0.667. The lowest BCUT2D eigenvalue weighted by Gasteiger charge is -2.13. The number of pyridine rings is 2. The first-order valence-corrected chi connectivity index (χ1v) is 8.30. The van der Waals surface area contributed by atoms with Crippen LogP contribution in [0.3, 0.4) is 0 Å². The van der Waals surface area contributed by atoms with E-state index in [-0.39, 0.29) is 0 Å². The fourth-order valence-electron chi connectivity index (χ4n) is 2.84. The third-order valence-electron chi connectivity index (χ3n) is 3.83. The minimum absolute atomic E-state index is 0.667. The van der Waals surface area contributed by atoms with Crippen molar-refractivity contribution < 1.29 is 0 Å². The van der Waals surface area contributed by atoms with Crippen LogP contribution >= 0.6 is 11.8 Å². The Balaban J connectivity index is 1.84. The number of imidazole rings is 1. The Morgan fingerprint density at radius 3 is 3.00 bits per heavy atom. The van der Waals surface area contributed by atoms with Gasteiger partial charge in [-0.2, -0.15) is 11.8 Å². The lowest BCUT2D eigenvalue weighted by molar-refractivity contribution is 0.652. The first-order chi connectivity index (χ1) is 10.4. The van der Waals surface area contributed by atoms with E-state index in [2.05, 4.69) is 32.4 Å². The number of thioether (sulfide) groups is 1. The molecule has 0 aromatic carbocycles. The van der Waals surface area contributed by atoms with Crippen molar-refractivity contribution in [3.63, 3.8) is 0 Å². The average Bonchev–Trinajstić information content (AvgIpc) is 3.17. The first-order valence-electron chi connectivity index (χ1n) is 7.25. The number of fused-ring (bicyclic) bond motifs is 1. The number of hydrogen-bond acceptors (Lipinski definition) is 4. The summed E-state index contributed by atoms with van der Waals surface area (Å²) in [5.74, 6) is 2.25. The molecule has 0 spiro atoms. The zero-order valence-corrected chi connectivity index (χ0v) is 12.5. The molecule has 0 aliphatic carbocycles. The third-order valence-corrected chi connectivity index (χ3v) is 5.21. The van der Waals surface area contributed by atoms with Crippen LogP contribution in [-0.4, -0.2) is 30.5 Å². The van der Waals surface area contributed by atoms with E-state index >= 15 is 0 Å². The van der Waals surface area contributed by atoms with Crippen LogP contribution in [0.1, 0.15) is 12.8 Å². The van der Waals surface area contributed by atoms with Crippen molar-refractivity contribution in [3.8, 4) is 11.4 Å². The molecule has 4 nitrogen and oxygen atoms in total. The van der Waals surface area contributed by atoms with Gasteiger partial charge in [0.25, 0.3) is 0 Å². The summed E-state index contributed by atoms with van der Waals surface area (Å²) in [6.07, 6.45) is 8.11. The SMILES string of the molecule is c1cncc(-c2nc3cccnc3n2CC2CCCS2)c1. The molecule has 1 fully saturated rings. The molecule has 1 saturated heterocycles. The van der Waals surface area contributed by atoms with E-state index in [1.54, 1.807) is 6.20 Å². The molecule has 3 aromatic heterocycles. The van der Waals surface area contributed by atoms with Crippen molar-refractivity contribution in [2.24, 2.45) is 0 Å². The average molecular weight is 296 g/mol. The molecule has 3 aromatic rings. The van der Waals surface area contributed by atoms with E-state index in [9.17, 15) is 0 Å². The van der Waals surface area contributed by atoms with Gasteiger partial charge in [0.15, 0.2) is 5.65 Å². The topological polar surface area (TPSA) is 43.6 Å². The van der Waals surface area contributed by atoms with E-state index in [4.69, 9.17) is 4.98 Å². The molecule has 1 atom stereocenters. The Kier molecular flexibility index (Phi) is 3.35. The van der Waals surface area contributed by atoms with Gasteiger partial charge in [0.05, 0.1) is 0 Å². The first kappa shape index (κ1) is 12.8. The largest absolute Gasteiger partial charge is 0.308 e. The second kappa shape index (κ2) is 5.48. The minimum Gasteiger partial charge on any atom is -0.308 e. The van der Waals surface area contributed by atoms with Crippen LogP contribution in [0.5, 0.6) is 0 Å². The highest BCUT2D eigenvalue weighted by molar-refractivity contribution is 8.00. The minimum atomic E-state index is 0.667. The summed E-state index contributed by atoms with van der Waals surface area (Å²) < 4.78 is 2.26. The molecule has 0 radical (unpaired) electrons. The fourth-order valence-corrected chi connectivity index (χ4v) is 4.09. The zero-order valence-electron chi connectivity index (χ0n) is 11.6. The lowest BCUT2D eigenvalue weighted by atomic mass is 10.2. The molecule has 1 aliphatic heterocycles. The van der Waals surface area contributed by atoms with Crippen molar-refractivity contribution in [2.75, 3.05) is 5.75 Å². The Hall–Kier alpha value is -1.88. The molecule has 0 amide bonds. The van der Waals surface area contributed by atoms with Gasteiger partial charge in [0.1, 0.15) is 11.3 Å². The Labute approximate surface area is 127 Å². The second-order valence-corrected chi connectivity index (χ2v) is 6.68. The summed E-state index contributed by atoms with van der Waals surface area (Å²) in [7, 11) is 0. The van der Waals surface area contributed by atoms with Gasteiger partial charge in [0, 0.05) is 35.9 Å². The van der Waals surface area contributed by atoms with E-state index in [1.165, 1.54) is 18.6 Å². The van der Waals surface area contributed by atoms with Gasteiger partial charge in [-0.15, -0.1) is 0 Å². The van der Waals surface area contributed by atoms with Gasteiger partial charge in [-0.1, -0.05) is 0 Å². The van der Waals surface area contributed by atoms with Crippen molar-refractivity contribution in [1.82, 2.24) is 19.5 Å². The fraction of sp³-hybridized carbons (Fsp3) is 0.312. The van der Waals surface area contributed by atoms with Gasteiger partial charge in [-0.25, -0.2) is 9.97 Å². The highest BCUT2D eigenvalue weighted by atomic mass is 32.2. The van der Waals surface area contributed by atoms with Crippen molar-refractivity contribution in [1.29, 1.82) is 0 Å². The standard InChI is InChI=1S/C16H16N4S/c1-4-12(10-17-7-1)15-19-14-6-2-8-18-16(14)20(15)11-13-5-3-9-21-13/h1-2,4,6-8,10,13H,3,5,9,11H2. The smallest absolute Gasteiger partial charge is 0.160 e. The molecule has 5 heteroatoms. The van der Waals surface area contributed by atoms with Crippen LogP contribution in [0.15, 0.2) is 42.9 Å². The number of rotatable bonds is 3. The Morgan fingerprint density at radius 2 is 2.19 bits per heavy atom. The second-order valence-electron chi connectivity index (χ2n) is 5.27. The highest BCUT2D eigenvalue weighted by Crippen LogP contribution is 2.31. The van der Waals surface area contributed by atoms with Crippen molar-refractivity contribution >= 4 is 22.9 Å². The molecule has 21 heavy (non-hydrogen) atoms. The normalized spacial score (nSPS) is 18.4. The molecule has 4 heterocycles. The summed E-state index contributed by atoms with van der Waals surface area (Å²) in [4.78, 5) is 13.5. The van der Waals surface area contributed by atoms with Crippen LogP contribution in [-0.2, 0) is 6.54 Å². The van der Waals surface area contributed by atoms with Gasteiger partial charge < -0.3 is 4.57 Å². The molecule has 0 bridgehead atoms. The van der Waals surface area contributed by atoms with Gasteiger partial charge in [-0.3, -0.25) is 4.98 Å². The maximum absolute atomic E-state index is 4.78. The van der Waals surface area contributed by atoms with Crippen LogP contribution < -0.4 is 0 Å². The molecule has 106 valence electrons. The van der Waals surface area contributed by atoms with Gasteiger partial charge in [-0.05, 0) is 42.9 Å². The number of hydrogen-bond donors (Lipinski definition) is 0. The highest BCUT2D eigenvalue weighted by Gasteiger charge is 2.20. The summed E-state index contributed by atoms with van der Waals surface area (Å²) in [6, 6.07) is 7.99. The molecule has 1 aliphatic rings. The lowest BCUT2D eigenvalue weighted by Crippen LogP contribution is -2.11. The molecular formula is C16H16N4S. The van der Waals surface area contributed by atoms with E-state index in [1.807, 2.05) is 30.6 Å². The molecule has 1 unspecified atom stereocenters. The molecular weight excluding hydrogens is 280 g/mol. The van der Waals surface area contributed by atoms with Crippen molar-refractivity contribution in [3.05, 3.63) is 42.9 Å². The summed E-state index contributed by atoms with van der Waals surface area (Å²) in [6.45, 7) is 0.975. The monoisotopic (exact) mass is 296 g/mol. The Bertz CT molecular complexity index is 747. The summed E-state index contributed by atoms with van der Waals surface area (Å²) >= 11 is 2.06. The maximum Gasteiger partial charge on any atom is 0.160 e. The quantitative estimate of drug-likeness (QED) is 0.743. The van der Waals surface area contributed by atoms with Gasteiger partial charge >= 0.3 is 0 Å².